The third kappa shape index (κ3) is 3.80. The number of hydrogen-bond acceptors (Lipinski definition) is 6. The quantitative estimate of drug-likeness (QED) is 0.609. The first-order chi connectivity index (χ1) is 13.1. The Morgan fingerprint density at radius 2 is 1.85 bits per heavy atom. The number of benzene rings is 2. The molecule has 1 N–H and O–H groups in total. The standard InChI is InChI=1S/C20H19ClN2O4/c1-3-27-20(25)18-16(14-6-4-5-7-15(14)21)17(22-23-18)19(24)12-8-10-13(26-2)11-9-12/h4-11,16-17,22H,3H2,1-2H3/t16-,17+/m0/s1. The second-order valence-electron chi connectivity index (χ2n) is 5.92. The fourth-order valence-electron chi connectivity index (χ4n) is 3.02. The summed E-state index contributed by atoms with van der Waals surface area (Å²) in [6.07, 6.45) is 0. The minimum Gasteiger partial charge on any atom is -0.497 e. The van der Waals surface area contributed by atoms with Gasteiger partial charge in [0.15, 0.2) is 11.5 Å². The van der Waals surface area contributed by atoms with Crippen LogP contribution in [0.15, 0.2) is 53.6 Å². The lowest BCUT2D eigenvalue weighted by Crippen LogP contribution is -2.38. The molecule has 2 aromatic carbocycles. The third-order valence-corrected chi connectivity index (χ3v) is 4.68. The summed E-state index contributed by atoms with van der Waals surface area (Å²) in [5.41, 5.74) is 4.05. The number of halogens is 1. The number of Topliss-reactive ketones (excluding diaryl/α,β-unsaturated/α-hetero) is 1. The molecule has 0 fully saturated rings. The van der Waals surface area contributed by atoms with E-state index in [1.54, 1.807) is 62.6 Å². The van der Waals surface area contributed by atoms with E-state index in [-0.39, 0.29) is 18.1 Å². The van der Waals surface area contributed by atoms with Crippen molar-refractivity contribution in [1.29, 1.82) is 0 Å². The van der Waals surface area contributed by atoms with Gasteiger partial charge >= 0.3 is 5.97 Å². The average molecular weight is 387 g/mol. The van der Waals surface area contributed by atoms with Gasteiger partial charge in [0.05, 0.1) is 19.6 Å². The molecule has 27 heavy (non-hydrogen) atoms. The van der Waals surface area contributed by atoms with E-state index < -0.39 is 17.9 Å². The van der Waals surface area contributed by atoms with Gasteiger partial charge in [-0.15, -0.1) is 0 Å². The van der Waals surface area contributed by atoms with Crippen LogP contribution in [0.4, 0.5) is 0 Å². The van der Waals surface area contributed by atoms with Gasteiger partial charge in [-0.3, -0.25) is 10.2 Å². The van der Waals surface area contributed by atoms with Crippen LogP contribution in [0.3, 0.4) is 0 Å². The zero-order valence-corrected chi connectivity index (χ0v) is 15.7. The van der Waals surface area contributed by atoms with Crippen molar-refractivity contribution in [2.75, 3.05) is 13.7 Å². The number of methoxy groups -OCH3 is 1. The van der Waals surface area contributed by atoms with Gasteiger partial charge in [0.2, 0.25) is 0 Å². The number of nitrogens with one attached hydrogen (secondary N) is 1. The highest BCUT2D eigenvalue weighted by molar-refractivity contribution is 6.41. The van der Waals surface area contributed by atoms with E-state index in [1.165, 1.54) is 0 Å². The number of carbonyl (C=O) groups excluding carboxylic acids is 2. The molecule has 6 nitrogen and oxygen atoms in total. The Hall–Kier alpha value is -2.86. The smallest absolute Gasteiger partial charge is 0.355 e. The van der Waals surface area contributed by atoms with Gasteiger partial charge in [-0.05, 0) is 42.8 Å². The van der Waals surface area contributed by atoms with E-state index in [9.17, 15) is 9.59 Å². The molecule has 0 radical (unpaired) electrons. The van der Waals surface area contributed by atoms with Gasteiger partial charge < -0.3 is 9.47 Å². The maximum absolute atomic E-state index is 13.1. The van der Waals surface area contributed by atoms with Crippen molar-refractivity contribution in [3.63, 3.8) is 0 Å². The van der Waals surface area contributed by atoms with Gasteiger partial charge in [-0.25, -0.2) is 4.79 Å². The van der Waals surface area contributed by atoms with Crippen molar-refractivity contribution in [2.45, 2.75) is 18.9 Å². The van der Waals surface area contributed by atoms with E-state index in [0.29, 0.717) is 21.9 Å². The molecular formula is C20H19ClN2O4. The number of hydrazone groups is 1. The third-order valence-electron chi connectivity index (χ3n) is 4.33. The highest BCUT2D eigenvalue weighted by Gasteiger charge is 2.42. The van der Waals surface area contributed by atoms with Crippen LogP contribution in [0.2, 0.25) is 5.02 Å². The number of nitrogens with zero attached hydrogens (tertiary/aromatic N) is 1. The molecule has 3 rings (SSSR count). The summed E-state index contributed by atoms with van der Waals surface area (Å²) in [6, 6.07) is 13.1. The van der Waals surface area contributed by atoms with E-state index in [0.717, 1.165) is 0 Å². The van der Waals surface area contributed by atoms with Crippen LogP contribution in [0.5, 0.6) is 5.75 Å². The zero-order valence-electron chi connectivity index (χ0n) is 14.9. The Balaban J connectivity index is 1.97. The largest absolute Gasteiger partial charge is 0.497 e. The SMILES string of the molecule is CCOC(=O)C1=NN[C@@H](C(=O)c2ccc(OC)cc2)[C@@H]1c1ccccc1Cl. The van der Waals surface area contributed by atoms with Crippen molar-refractivity contribution in [3.8, 4) is 5.75 Å². The lowest BCUT2D eigenvalue weighted by molar-refractivity contribution is -0.135. The van der Waals surface area contributed by atoms with Crippen LogP contribution in [-0.2, 0) is 9.53 Å². The molecule has 0 spiro atoms. The van der Waals surface area contributed by atoms with Crippen molar-refractivity contribution in [2.24, 2.45) is 5.10 Å². The minimum atomic E-state index is -0.766. The highest BCUT2D eigenvalue weighted by atomic mass is 35.5. The predicted octanol–water partition coefficient (Wildman–Crippen LogP) is 3.21. The molecule has 1 aliphatic heterocycles. The topological polar surface area (TPSA) is 77.0 Å². The fourth-order valence-corrected chi connectivity index (χ4v) is 3.27. The highest BCUT2D eigenvalue weighted by Crippen LogP contribution is 2.33. The molecule has 0 unspecified atom stereocenters. The van der Waals surface area contributed by atoms with Gasteiger partial charge in [-0.2, -0.15) is 5.10 Å². The number of carbonyl (C=O) groups is 2. The van der Waals surface area contributed by atoms with Crippen LogP contribution < -0.4 is 10.2 Å². The van der Waals surface area contributed by atoms with E-state index in [2.05, 4.69) is 10.5 Å². The molecule has 2 aromatic rings. The van der Waals surface area contributed by atoms with Crippen LogP contribution in [0.25, 0.3) is 0 Å². The van der Waals surface area contributed by atoms with Gasteiger partial charge in [0.1, 0.15) is 11.8 Å². The average Bonchev–Trinajstić information content (AvgIpc) is 3.13. The van der Waals surface area contributed by atoms with Crippen molar-refractivity contribution in [3.05, 3.63) is 64.7 Å². The zero-order chi connectivity index (χ0) is 19.4. The van der Waals surface area contributed by atoms with Crippen LogP contribution in [0, 0.1) is 0 Å². The van der Waals surface area contributed by atoms with Gasteiger partial charge in [-0.1, -0.05) is 29.8 Å². The number of ketones is 1. The molecule has 0 amide bonds. The summed E-state index contributed by atoms with van der Waals surface area (Å²) in [4.78, 5) is 25.5. The Labute approximate surface area is 162 Å². The number of hydrogen-bond donors (Lipinski definition) is 1. The minimum absolute atomic E-state index is 0.136. The Kier molecular flexibility index (Phi) is 5.76. The van der Waals surface area contributed by atoms with Crippen molar-refractivity contribution >= 4 is 29.1 Å². The first-order valence-electron chi connectivity index (χ1n) is 8.49. The summed E-state index contributed by atoms with van der Waals surface area (Å²) in [5, 5.41) is 4.56. The van der Waals surface area contributed by atoms with E-state index in [1.807, 2.05) is 0 Å². The second-order valence-corrected chi connectivity index (χ2v) is 6.32. The summed E-state index contributed by atoms with van der Waals surface area (Å²) in [7, 11) is 1.56. The van der Waals surface area contributed by atoms with E-state index in [4.69, 9.17) is 21.1 Å². The van der Waals surface area contributed by atoms with Gasteiger partial charge in [0.25, 0.3) is 0 Å². The lowest BCUT2D eigenvalue weighted by atomic mass is 9.84. The molecular weight excluding hydrogens is 368 g/mol. The maximum atomic E-state index is 13.1. The number of ether oxygens (including phenoxy) is 2. The summed E-state index contributed by atoms with van der Waals surface area (Å²) in [5.74, 6) is -0.769. The molecule has 0 aliphatic carbocycles. The molecule has 7 heteroatoms. The first kappa shape index (κ1) is 18.9. The molecule has 1 aliphatic rings. The molecule has 0 saturated carbocycles. The number of rotatable bonds is 6. The normalized spacial score (nSPS) is 18.4. The van der Waals surface area contributed by atoms with E-state index >= 15 is 0 Å². The number of esters is 1. The lowest BCUT2D eigenvalue weighted by Gasteiger charge is -2.20. The molecule has 0 saturated heterocycles. The molecule has 140 valence electrons. The van der Waals surface area contributed by atoms with Crippen LogP contribution in [-0.4, -0.2) is 37.2 Å². The molecule has 0 aromatic heterocycles. The Morgan fingerprint density at radius 3 is 2.48 bits per heavy atom. The first-order valence-corrected chi connectivity index (χ1v) is 8.87. The summed E-state index contributed by atoms with van der Waals surface area (Å²) >= 11 is 6.34. The van der Waals surface area contributed by atoms with Crippen LogP contribution >= 0.6 is 11.6 Å². The predicted molar refractivity (Wildman–Crippen MR) is 103 cm³/mol. The maximum Gasteiger partial charge on any atom is 0.355 e. The summed E-state index contributed by atoms with van der Waals surface area (Å²) < 4.78 is 10.2. The van der Waals surface area contributed by atoms with Crippen molar-refractivity contribution < 1.29 is 19.1 Å². The monoisotopic (exact) mass is 386 g/mol. The molecule has 1 heterocycles. The van der Waals surface area contributed by atoms with Gasteiger partial charge in [0, 0.05) is 10.6 Å². The second kappa shape index (κ2) is 8.22. The Morgan fingerprint density at radius 1 is 1.15 bits per heavy atom. The van der Waals surface area contributed by atoms with Crippen LogP contribution in [0.1, 0.15) is 28.8 Å². The molecule has 2 atom stereocenters. The fraction of sp³-hybridized carbons (Fsp3) is 0.250. The summed E-state index contributed by atoms with van der Waals surface area (Å²) in [6.45, 7) is 1.93. The Bertz CT molecular complexity index is 880. The molecule has 0 bridgehead atoms. The van der Waals surface area contributed by atoms with Crippen molar-refractivity contribution in [1.82, 2.24) is 5.43 Å².